The van der Waals surface area contributed by atoms with Crippen LogP contribution in [0.1, 0.15) is 132 Å². The first-order valence-corrected chi connectivity index (χ1v) is 19.5. The average Bonchev–Trinajstić information content (AvgIpc) is 3.62. The summed E-state index contributed by atoms with van der Waals surface area (Å²) in [5, 5.41) is 9.75. The fraction of sp³-hybridized carbons (Fsp3) is 0.897. The van der Waals surface area contributed by atoms with Crippen LogP contribution in [0.4, 0.5) is 0 Å². The highest BCUT2D eigenvalue weighted by molar-refractivity contribution is 5.96. The highest BCUT2D eigenvalue weighted by Gasteiger charge is 2.85. The summed E-state index contributed by atoms with van der Waals surface area (Å²) in [6.45, 7) is 19.4. The van der Waals surface area contributed by atoms with Gasteiger partial charge in [0.25, 0.3) is 0 Å². The predicted octanol–water partition coefficient (Wildman–Crippen LogP) is 5.02. The van der Waals surface area contributed by atoms with Gasteiger partial charge >= 0.3 is 0 Å². The normalized spacial score (nSPS) is 33.7. The van der Waals surface area contributed by atoms with Crippen LogP contribution in [0.2, 0.25) is 0 Å². The molecule has 6 aliphatic rings. The first-order valence-electron chi connectivity index (χ1n) is 19.5. The van der Waals surface area contributed by atoms with Gasteiger partial charge in [0.05, 0.1) is 6.04 Å². The van der Waals surface area contributed by atoms with Gasteiger partial charge in [0.15, 0.2) is 0 Å². The van der Waals surface area contributed by atoms with Gasteiger partial charge in [0.1, 0.15) is 18.1 Å². The molecule has 2 saturated heterocycles. The molecule has 7 unspecified atom stereocenters. The van der Waals surface area contributed by atoms with Crippen LogP contribution in [0.5, 0.6) is 0 Å². The van der Waals surface area contributed by atoms with E-state index in [1.807, 2.05) is 25.7 Å². The van der Waals surface area contributed by atoms with E-state index >= 15 is 0 Å². The lowest BCUT2D eigenvalue weighted by molar-refractivity contribution is -0.145. The standard InChI is InChI=1S/C39H65N5O4/c1-9-43-20-13-17-28(43)32(45)41-30(25-15-11-10-12-16-25)34(47)42-31(36(4,5)6)35(48)44-23-39(37(7,8)38(39)18-14-19-38)22-29(44)33(46)40-27-21-26(27)24(2)3/h24-31H,9-23H2,1-8H3,(H,40,46)(H,41,45)(H,42,47). The third-order valence-corrected chi connectivity index (χ3v) is 14.6. The maximum atomic E-state index is 14.9. The largest absolute Gasteiger partial charge is 0.351 e. The second-order valence-electron chi connectivity index (χ2n) is 18.6. The van der Waals surface area contributed by atoms with Crippen molar-refractivity contribution >= 4 is 23.6 Å². The number of fused-ring (bicyclic) bond motifs is 1. The van der Waals surface area contributed by atoms with Crippen molar-refractivity contribution in [1.29, 1.82) is 0 Å². The molecule has 0 bridgehead atoms. The maximum Gasteiger partial charge on any atom is 0.246 e. The lowest BCUT2D eigenvalue weighted by Crippen LogP contribution is -2.62. The summed E-state index contributed by atoms with van der Waals surface area (Å²) in [4.78, 5) is 61.1. The highest BCUT2D eigenvalue weighted by atomic mass is 16.2. The van der Waals surface area contributed by atoms with Gasteiger partial charge in [-0.25, -0.2) is 0 Å². The second kappa shape index (κ2) is 12.9. The Labute approximate surface area is 289 Å². The van der Waals surface area contributed by atoms with Crippen LogP contribution < -0.4 is 16.0 Å². The van der Waals surface area contributed by atoms with E-state index in [1.165, 1.54) is 6.42 Å². The SMILES string of the molecule is CCN1CCCC1C(=O)NC(C(=O)NC(C(=O)N1CC2(CC1C(=O)NC1CC1C(C)C)C(C)(C)C21CCC1)C(C)(C)C)C1CCCCC1. The zero-order valence-electron chi connectivity index (χ0n) is 31.3. The molecule has 9 nitrogen and oxygen atoms in total. The molecule has 6 rings (SSSR count). The molecule has 2 spiro atoms. The number of rotatable bonds is 10. The molecule has 9 heteroatoms. The number of carbonyl (C=O) groups excluding carboxylic acids is 4. The van der Waals surface area contributed by atoms with Gasteiger partial charge in [-0.1, -0.05) is 81.1 Å². The number of likely N-dealkylation sites (tertiary alicyclic amines) is 2. The number of hydrogen-bond donors (Lipinski definition) is 3. The quantitative estimate of drug-likeness (QED) is 0.303. The molecular weight excluding hydrogens is 602 g/mol. The van der Waals surface area contributed by atoms with E-state index in [0.717, 1.165) is 77.3 Å². The Morgan fingerprint density at radius 1 is 0.854 bits per heavy atom. The van der Waals surface area contributed by atoms with E-state index in [4.69, 9.17) is 0 Å². The van der Waals surface area contributed by atoms with Crippen molar-refractivity contribution in [2.75, 3.05) is 19.6 Å². The van der Waals surface area contributed by atoms with Crippen LogP contribution in [0.15, 0.2) is 0 Å². The molecule has 4 saturated carbocycles. The van der Waals surface area contributed by atoms with Gasteiger partial charge in [-0.2, -0.15) is 0 Å². The lowest BCUT2D eigenvalue weighted by Gasteiger charge is -2.38. The van der Waals surface area contributed by atoms with Gasteiger partial charge in [0.2, 0.25) is 23.6 Å². The molecule has 4 amide bonds. The molecule has 2 heterocycles. The average molecular weight is 668 g/mol. The Morgan fingerprint density at radius 3 is 2.08 bits per heavy atom. The van der Waals surface area contributed by atoms with E-state index in [-0.39, 0.29) is 57.9 Å². The van der Waals surface area contributed by atoms with Crippen LogP contribution in [0, 0.1) is 39.4 Å². The molecular formula is C39H65N5O4. The van der Waals surface area contributed by atoms with Gasteiger partial charge in [-0.3, -0.25) is 24.1 Å². The number of likely N-dealkylation sites (N-methyl/N-ethyl adjacent to an activating group) is 1. The Balaban J connectivity index is 1.24. The van der Waals surface area contributed by atoms with E-state index in [9.17, 15) is 19.2 Å². The van der Waals surface area contributed by atoms with Crippen molar-refractivity contribution in [3.05, 3.63) is 0 Å². The van der Waals surface area contributed by atoms with Crippen molar-refractivity contribution in [2.24, 2.45) is 39.4 Å². The van der Waals surface area contributed by atoms with Gasteiger partial charge in [0, 0.05) is 18.0 Å². The molecule has 0 aromatic rings. The lowest BCUT2D eigenvalue weighted by atomic mass is 9.73. The number of carbonyl (C=O) groups is 4. The molecule has 270 valence electrons. The summed E-state index contributed by atoms with van der Waals surface area (Å²) < 4.78 is 0. The molecule has 0 aromatic carbocycles. The zero-order chi connectivity index (χ0) is 34.8. The predicted molar refractivity (Wildman–Crippen MR) is 188 cm³/mol. The monoisotopic (exact) mass is 668 g/mol. The van der Waals surface area contributed by atoms with Gasteiger partial charge in [-0.15, -0.1) is 0 Å². The van der Waals surface area contributed by atoms with Crippen LogP contribution in [0.3, 0.4) is 0 Å². The number of nitrogens with one attached hydrogen (secondary N) is 3. The van der Waals surface area contributed by atoms with E-state index < -0.39 is 23.5 Å². The molecule has 3 N–H and O–H groups in total. The first-order chi connectivity index (χ1) is 22.6. The minimum Gasteiger partial charge on any atom is -0.351 e. The summed E-state index contributed by atoms with van der Waals surface area (Å²) in [7, 11) is 0. The molecule has 2 aliphatic heterocycles. The minimum atomic E-state index is -0.819. The second-order valence-corrected chi connectivity index (χ2v) is 18.6. The van der Waals surface area contributed by atoms with Crippen LogP contribution in [0.25, 0.3) is 0 Å². The van der Waals surface area contributed by atoms with Crippen molar-refractivity contribution < 1.29 is 19.2 Å². The minimum absolute atomic E-state index is 0.0334. The zero-order valence-corrected chi connectivity index (χ0v) is 31.3. The number of amides is 4. The fourth-order valence-electron chi connectivity index (χ4n) is 11.1. The molecule has 4 aliphatic carbocycles. The van der Waals surface area contributed by atoms with Crippen molar-refractivity contribution in [3.8, 4) is 0 Å². The molecule has 6 fully saturated rings. The highest BCUT2D eigenvalue weighted by Crippen LogP contribution is 2.88. The Hall–Kier alpha value is -2.16. The molecule has 7 atom stereocenters. The topological polar surface area (TPSA) is 111 Å². The summed E-state index contributed by atoms with van der Waals surface area (Å²) in [6, 6.07) is -2.07. The summed E-state index contributed by atoms with van der Waals surface area (Å²) in [6.07, 6.45) is 12.0. The van der Waals surface area contributed by atoms with Crippen LogP contribution in [-0.4, -0.2) is 83.3 Å². The van der Waals surface area contributed by atoms with Crippen molar-refractivity contribution in [3.63, 3.8) is 0 Å². The van der Waals surface area contributed by atoms with Crippen LogP contribution in [-0.2, 0) is 19.2 Å². The Bertz CT molecular complexity index is 1260. The van der Waals surface area contributed by atoms with Gasteiger partial charge in [-0.05, 0) is 98.5 Å². The Kier molecular flexibility index (Phi) is 9.56. The van der Waals surface area contributed by atoms with E-state index in [2.05, 4.69) is 55.5 Å². The first kappa shape index (κ1) is 35.7. The third-order valence-electron chi connectivity index (χ3n) is 14.6. The molecule has 0 aromatic heterocycles. The molecule has 48 heavy (non-hydrogen) atoms. The smallest absolute Gasteiger partial charge is 0.246 e. The molecule has 0 radical (unpaired) electrons. The van der Waals surface area contributed by atoms with Crippen LogP contribution >= 0.6 is 0 Å². The van der Waals surface area contributed by atoms with E-state index in [0.29, 0.717) is 24.8 Å². The Morgan fingerprint density at radius 2 is 1.54 bits per heavy atom. The number of hydrogen-bond acceptors (Lipinski definition) is 5. The van der Waals surface area contributed by atoms with Crippen molar-refractivity contribution in [1.82, 2.24) is 25.8 Å². The summed E-state index contributed by atoms with van der Waals surface area (Å²) in [5.74, 6) is 0.516. The number of nitrogens with zero attached hydrogens (tertiary/aromatic N) is 2. The summed E-state index contributed by atoms with van der Waals surface area (Å²) >= 11 is 0. The fourth-order valence-corrected chi connectivity index (χ4v) is 11.1. The van der Waals surface area contributed by atoms with Gasteiger partial charge < -0.3 is 20.9 Å². The maximum absolute atomic E-state index is 14.9. The summed E-state index contributed by atoms with van der Waals surface area (Å²) in [5.41, 5.74) is -0.414. The third kappa shape index (κ3) is 5.89. The van der Waals surface area contributed by atoms with Crippen molar-refractivity contribution in [2.45, 2.75) is 163 Å². The van der Waals surface area contributed by atoms with E-state index in [1.54, 1.807) is 0 Å².